The van der Waals surface area contributed by atoms with E-state index in [1.807, 2.05) is 32.0 Å². The van der Waals surface area contributed by atoms with E-state index in [9.17, 15) is 0 Å². The van der Waals surface area contributed by atoms with Gasteiger partial charge in [-0.05, 0) is 26.0 Å². The van der Waals surface area contributed by atoms with Gasteiger partial charge in [0.15, 0.2) is 11.6 Å². The molecular formula is C13H13N5O. The average Bonchev–Trinajstić information content (AvgIpc) is 2.95. The second kappa shape index (κ2) is 4.24. The molecule has 0 amide bonds. The molecule has 0 saturated heterocycles. The molecule has 0 unspecified atom stereocenters. The molecule has 0 aliphatic rings. The number of nitrogens with zero attached hydrogens (tertiary/aromatic N) is 4. The van der Waals surface area contributed by atoms with Crippen LogP contribution in [0.5, 0.6) is 0 Å². The molecule has 19 heavy (non-hydrogen) atoms. The van der Waals surface area contributed by atoms with Crippen LogP contribution in [0.3, 0.4) is 0 Å². The SMILES string of the molecule is Cc1cc(-n2nc(-c3ccco3)cc2N)nc(C)n1. The lowest BCUT2D eigenvalue weighted by Crippen LogP contribution is -2.06. The Balaban J connectivity index is 2.10. The smallest absolute Gasteiger partial charge is 0.159 e. The van der Waals surface area contributed by atoms with Crippen molar-refractivity contribution in [2.24, 2.45) is 0 Å². The van der Waals surface area contributed by atoms with Gasteiger partial charge in [0.2, 0.25) is 0 Å². The van der Waals surface area contributed by atoms with Gasteiger partial charge in [-0.3, -0.25) is 0 Å². The molecule has 0 atom stereocenters. The van der Waals surface area contributed by atoms with E-state index in [2.05, 4.69) is 15.1 Å². The number of aromatic nitrogens is 4. The maximum absolute atomic E-state index is 5.98. The second-order valence-corrected chi connectivity index (χ2v) is 4.26. The van der Waals surface area contributed by atoms with Crippen molar-refractivity contribution >= 4 is 5.82 Å². The number of rotatable bonds is 2. The third-order valence-electron chi connectivity index (χ3n) is 2.68. The molecule has 2 N–H and O–H groups in total. The zero-order valence-electron chi connectivity index (χ0n) is 10.7. The molecule has 0 fully saturated rings. The van der Waals surface area contributed by atoms with Crippen LogP contribution in [0.25, 0.3) is 17.3 Å². The molecule has 96 valence electrons. The summed E-state index contributed by atoms with van der Waals surface area (Å²) in [6.45, 7) is 3.74. The summed E-state index contributed by atoms with van der Waals surface area (Å²) in [5, 5.41) is 4.41. The third-order valence-corrected chi connectivity index (χ3v) is 2.68. The second-order valence-electron chi connectivity index (χ2n) is 4.26. The molecule has 3 heterocycles. The van der Waals surface area contributed by atoms with Crippen LogP contribution in [-0.4, -0.2) is 19.7 Å². The quantitative estimate of drug-likeness (QED) is 0.758. The first-order valence-electron chi connectivity index (χ1n) is 5.85. The van der Waals surface area contributed by atoms with Crippen LogP contribution in [0.4, 0.5) is 5.82 Å². The van der Waals surface area contributed by atoms with Crippen molar-refractivity contribution in [3.63, 3.8) is 0 Å². The van der Waals surface area contributed by atoms with Crippen molar-refractivity contribution in [3.8, 4) is 17.3 Å². The summed E-state index contributed by atoms with van der Waals surface area (Å²) in [4.78, 5) is 8.57. The molecule has 3 aromatic heterocycles. The Kier molecular flexibility index (Phi) is 2.56. The number of hydrogen-bond donors (Lipinski definition) is 1. The lowest BCUT2D eigenvalue weighted by molar-refractivity contribution is 0.579. The van der Waals surface area contributed by atoms with Crippen LogP contribution in [-0.2, 0) is 0 Å². The summed E-state index contributed by atoms with van der Waals surface area (Å²) in [5.74, 6) is 2.52. The van der Waals surface area contributed by atoms with E-state index in [0.29, 0.717) is 28.9 Å². The normalized spacial score (nSPS) is 10.8. The van der Waals surface area contributed by atoms with E-state index in [1.54, 1.807) is 17.0 Å². The minimum Gasteiger partial charge on any atom is -0.463 e. The average molecular weight is 255 g/mol. The van der Waals surface area contributed by atoms with Gasteiger partial charge in [0.1, 0.15) is 17.3 Å². The number of anilines is 1. The Morgan fingerprint density at radius 2 is 2.05 bits per heavy atom. The topological polar surface area (TPSA) is 82.8 Å². The first-order chi connectivity index (χ1) is 9.13. The summed E-state index contributed by atoms with van der Waals surface area (Å²) in [6.07, 6.45) is 1.60. The number of furan rings is 1. The number of aryl methyl sites for hydroxylation is 2. The highest BCUT2D eigenvalue weighted by Gasteiger charge is 2.12. The van der Waals surface area contributed by atoms with Gasteiger partial charge in [-0.25, -0.2) is 9.97 Å². The van der Waals surface area contributed by atoms with Crippen LogP contribution >= 0.6 is 0 Å². The maximum atomic E-state index is 5.98. The van der Waals surface area contributed by atoms with Gasteiger partial charge in [0.25, 0.3) is 0 Å². The van der Waals surface area contributed by atoms with Crippen LogP contribution < -0.4 is 5.73 Å². The highest BCUT2D eigenvalue weighted by Crippen LogP contribution is 2.22. The fourth-order valence-corrected chi connectivity index (χ4v) is 1.93. The van der Waals surface area contributed by atoms with Gasteiger partial charge in [-0.1, -0.05) is 0 Å². The Labute approximate surface area is 109 Å². The monoisotopic (exact) mass is 255 g/mol. The summed E-state index contributed by atoms with van der Waals surface area (Å²) in [5.41, 5.74) is 7.53. The first kappa shape index (κ1) is 11.5. The lowest BCUT2D eigenvalue weighted by Gasteiger charge is -2.04. The van der Waals surface area contributed by atoms with Crippen LogP contribution in [0, 0.1) is 13.8 Å². The van der Waals surface area contributed by atoms with E-state index in [1.165, 1.54) is 0 Å². The van der Waals surface area contributed by atoms with Crippen LogP contribution in [0.1, 0.15) is 11.5 Å². The predicted molar refractivity (Wildman–Crippen MR) is 70.7 cm³/mol. The molecule has 6 heteroatoms. The van der Waals surface area contributed by atoms with E-state index < -0.39 is 0 Å². The molecule has 0 bridgehead atoms. The Bertz CT molecular complexity index is 694. The Morgan fingerprint density at radius 3 is 2.74 bits per heavy atom. The number of nitrogens with two attached hydrogens (primary N) is 1. The van der Waals surface area contributed by atoms with Crippen molar-refractivity contribution in [3.05, 3.63) is 42.0 Å². The Morgan fingerprint density at radius 1 is 1.21 bits per heavy atom. The predicted octanol–water partition coefficient (Wildman–Crippen LogP) is 2.12. The highest BCUT2D eigenvalue weighted by atomic mass is 16.3. The summed E-state index contributed by atoms with van der Waals surface area (Å²) < 4.78 is 6.89. The zero-order valence-corrected chi connectivity index (χ0v) is 10.7. The summed E-state index contributed by atoms with van der Waals surface area (Å²) in [7, 11) is 0. The van der Waals surface area contributed by atoms with Gasteiger partial charge >= 0.3 is 0 Å². The molecule has 0 radical (unpaired) electrons. The van der Waals surface area contributed by atoms with E-state index in [4.69, 9.17) is 10.2 Å². The lowest BCUT2D eigenvalue weighted by atomic mass is 10.3. The standard InChI is InChI=1S/C13H13N5O/c1-8-6-13(16-9(2)15-8)18-12(14)7-10(17-18)11-4-3-5-19-11/h3-7H,14H2,1-2H3. The van der Waals surface area contributed by atoms with Gasteiger partial charge in [0.05, 0.1) is 6.26 Å². The number of hydrogen-bond acceptors (Lipinski definition) is 5. The van der Waals surface area contributed by atoms with Gasteiger partial charge in [0, 0.05) is 17.8 Å². The van der Waals surface area contributed by atoms with Gasteiger partial charge in [-0.2, -0.15) is 9.78 Å². The van der Waals surface area contributed by atoms with E-state index in [-0.39, 0.29) is 0 Å². The summed E-state index contributed by atoms with van der Waals surface area (Å²) in [6, 6.07) is 7.24. The largest absolute Gasteiger partial charge is 0.463 e. The fourth-order valence-electron chi connectivity index (χ4n) is 1.93. The van der Waals surface area contributed by atoms with Crippen LogP contribution in [0.2, 0.25) is 0 Å². The molecule has 3 rings (SSSR count). The molecule has 0 aromatic carbocycles. The molecule has 3 aromatic rings. The highest BCUT2D eigenvalue weighted by molar-refractivity contribution is 5.58. The third kappa shape index (κ3) is 2.08. The van der Waals surface area contributed by atoms with Crippen molar-refractivity contribution in [2.75, 3.05) is 5.73 Å². The van der Waals surface area contributed by atoms with Crippen molar-refractivity contribution in [1.82, 2.24) is 19.7 Å². The summed E-state index contributed by atoms with van der Waals surface area (Å²) >= 11 is 0. The number of nitrogen functional groups attached to an aromatic ring is 1. The zero-order chi connectivity index (χ0) is 13.4. The molecule has 0 aliphatic carbocycles. The molecule has 6 nitrogen and oxygen atoms in total. The van der Waals surface area contributed by atoms with Crippen molar-refractivity contribution in [1.29, 1.82) is 0 Å². The molecule has 0 aliphatic heterocycles. The molecular weight excluding hydrogens is 242 g/mol. The van der Waals surface area contributed by atoms with Crippen LogP contribution in [0.15, 0.2) is 34.9 Å². The van der Waals surface area contributed by atoms with E-state index >= 15 is 0 Å². The fraction of sp³-hybridized carbons (Fsp3) is 0.154. The van der Waals surface area contributed by atoms with E-state index in [0.717, 1.165) is 5.69 Å². The van der Waals surface area contributed by atoms with Crippen molar-refractivity contribution in [2.45, 2.75) is 13.8 Å². The minimum atomic E-state index is 0.504. The van der Waals surface area contributed by atoms with Gasteiger partial charge < -0.3 is 10.2 Å². The first-order valence-corrected chi connectivity index (χ1v) is 5.85. The minimum absolute atomic E-state index is 0.504. The maximum Gasteiger partial charge on any atom is 0.159 e. The molecule has 0 saturated carbocycles. The molecule has 0 spiro atoms. The van der Waals surface area contributed by atoms with Crippen molar-refractivity contribution < 1.29 is 4.42 Å². The van der Waals surface area contributed by atoms with Gasteiger partial charge in [-0.15, -0.1) is 0 Å². The Hall–Kier alpha value is -2.63.